The van der Waals surface area contributed by atoms with Crippen molar-refractivity contribution in [2.75, 3.05) is 5.32 Å². The second kappa shape index (κ2) is 4.34. The summed E-state index contributed by atoms with van der Waals surface area (Å²) in [6.45, 7) is 3.07. The molecule has 0 saturated heterocycles. The molecule has 0 aliphatic heterocycles. The highest BCUT2D eigenvalue weighted by Gasteiger charge is 2.39. The highest BCUT2D eigenvalue weighted by Crippen LogP contribution is 2.20. The maximum absolute atomic E-state index is 12.0. The number of hydrogen-bond acceptors (Lipinski definition) is 2. The lowest BCUT2D eigenvalue weighted by Gasteiger charge is -2.10. The molecule has 0 saturated carbocycles. The Morgan fingerprint density at radius 2 is 1.75 bits per heavy atom. The summed E-state index contributed by atoms with van der Waals surface area (Å²) < 4.78 is 35.9. The van der Waals surface area contributed by atoms with E-state index in [1.165, 1.54) is 24.3 Å². The molecule has 1 N–H and O–H groups in total. The molecule has 3 nitrogen and oxygen atoms in total. The summed E-state index contributed by atoms with van der Waals surface area (Å²) >= 11 is 0. The van der Waals surface area contributed by atoms with E-state index in [9.17, 15) is 22.8 Å². The molecule has 1 radical (unpaired) electrons. The Hall–Kier alpha value is -1.85. The van der Waals surface area contributed by atoms with E-state index in [0.717, 1.165) is 0 Å². The lowest BCUT2D eigenvalue weighted by Crippen LogP contribution is -2.30. The molecule has 1 aromatic rings. The van der Waals surface area contributed by atoms with Crippen LogP contribution in [0.25, 0.3) is 0 Å². The molecule has 85 valence electrons. The summed E-state index contributed by atoms with van der Waals surface area (Å²) in [5.74, 6) is -2.79. The topological polar surface area (TPSA) is 46.2 Å². The molecule has 0 atom stereocenters. The predicted octanol–water partition coefficient (Wildman–Crippen LogP) is 2.20. The van der Waals surface area contributed by atoms with Gasteiger partial charge in [0.05, 0.1) is 5.69 Å². The maximum atomic E-state index is 12.0. The van der Waals surface area contributed by atoms with Gasteiger partial charge in [-0.15, -0.1) is 0 Å². The first kappa shape index (κ1) is 12.2. The quantitative estimate of drug-likeness (QED) is 0.791. The fraction of sp³-hybridized carbons (Fsp3) is 0.100. The second-order valence-electron chi connectivity index (χ2n) is 2.92. The van der Waals surface area contributed by atoms with Gasteiger partial charge in [-0.05, 0) is 12.1 Å². The number of ketones is 1. The summed E-state index contributed by atoms with van der Waals surface area (Å²) in [6, 6.07) is 5.34. The molecule has 0 aromatic heterocycles. The Bertz CT molecular complexity index is 426. The van der Waals surface area contributed by atoms with E-state index in [1.807, 2.05) is 0 Å². The van der Waals surface area contributed by atoms with Crippen molar-refractivity contribution in [2.45, 2.75) is 6.18 Å². The molecule has 0 spiro atoms. The fourth-order valence-corrected chi connectivity index (χ4v) is 1.03. The van der Waals surface area contributed by atoms with E-state index in [2.05, 4.69) is 6.92 Å². The standard InChI is InChI=1S/C10H7F3NO2/c1-6(15)7-4-2-3-5-8(7)14-9(16)10(11,12)13/h2-5H,1H2,(H,14,16). The smallest absolute Gasteiger partial charge is 0.318 e. The third-order valence-corrected chi connectivity index (χ3v) is 1.73. The zero-order chi connectivity index (χ0) is 12.3. The third-order valence-electron chi connectivity index (χ3n) is 1.73. The Labute approximate surface area is 89.3 Å². The normalized spacial score (nSPS) is 11.0. The van der Waals surface area contributed by atoms with Crippen molar-refractivity contribution < 1.29 is 22.8 Å². The number of amides is 1. The molecule has 16 heavy (non-hydrogen) atoms. The number of rotatable bonds is 2. The number of alkyl halides is 3. The van der Waals surface area contributed by atoms with Crippen molar-refractivity contribution in [3.63, 3.8) is 0 Å². The van der Waals surface area contributed by atoms with Crippen molar-refractivity contribution in [1.82, 2.24) is 0 Å². The van der Waals surface area contributed by atoms with Gasteiger partial charge in [-0.2, -0.15) is 13.2 Å². The molecule has 0 aliphatic carbocycles. The molecule has 0 bridgehead atoms. The number of halogens is 3. The highest BCUT2D eigenvalue weighted by atomic mass is 19.4. The first-order chi connectivity index (χ1) is 7.32. The SMILES string of the molecule is [CH2]C(=O)c1ccccc1NC(=O)C(F)(F)F. The zero-order valence-corrected chi connectivity index (χ0v) is 7.97. The van der Waals surface area contributed by atoms with Crippen molar-refractivity contribution >= 4 is 17.4 Å². The molecular formula is C10H7F3NO2. The Kier molecular flexibility index (Phi) is 3.31. The van der Waals surface area contributed by atoms with Crippen LogP contribution < -0.4 is 5.32 Å². The Morgan fingerprint density at radius 1 is 1.19 bits per heavy atom. The maximum Gasteiger partial charge on any atom is 0.471 e. The van der Waals surface area contributed by atoms with Gasteiger partial charge in [0.1, 0.15) is 0 Å². The highest BCUT2D eigenvalue weighted by molar-refractivity contribution is 6.07. The minimum Gasteiger partial charge on any atom is -0.318 e. The predicted molar refractivity (Wildman–Crippen MR) is 50.8 cm³/mol. The molecule has 1 amide bonds. The molecule has 0 fully saturated rings. The third kappa shape index (κ3) is 2.82. The van der Waals surface area contributed by atoms with Gasteiger partial charge in [-0.1, -0.05) is 12.1 Å². The minimum absolute atomic E-state index is 0.0694. The zero-order valence-electron chi connectivity index (χ0n) is 7.97. The van der Waals surface area contributed by atoms with Gasteiger partial charge < -0.3 is 5.32 Å². The van der Waals surface area contributed by atoms with Crippen LogP contribution >= 0.6 is 0 Å². The number of carbonyl (C=O) groups excluding carboxylic acids is 2. The van der Waals surface area contributed by atoms with Crippen molar-refractivity contribution in [1.29, 1.82) is 0 Å². The molecule has 0 unspecified atom stereocenters. The lowest BCUT2D eigenvalue weighted by atomic mass is 10.1. The lowest BCUT2D eigenvalue weighted by molar-refractivity contribution is -0.167. The summed E-state index contributed by atoms with van der Waals surface area (Å²) in [7, 11) is 0. The van der Waals surface area contributed by atoms with Crippen molar-refractivity contribution in [3.8, 4) is 0 Å². The van der Waals surface area contributed by atoms with Crippen LogP contribution in [-0.2, 0) is 4.79 Å². The summed E-state index contributed by atoms with van der Waals surface area (Å²) in [4.78, 5) is 21.6. The average Bonchev–Trinajstić information content (AvgIpc) is 2.16. The second-order valence-corrected chi connectivity index (χ2v) is 2.92. The van der Waals surface area contributed by atoms with Crippen LogP contribution in [-0.4, -0.2) is 17.9 Å². The van der Waals surface area contributed by atoms with E-state index in [0.29, 0.717) is 0 Å². The molecular weight excluding hydrogens is 223 g/mol. The largest absolute Gasteiger partial charge is 0.471 e. The number of anilines is 1. The number of Topliss-reactive ketones (excluding diaryl/α,β-unsaturated/α-hetero) is 1. The molecule has 0 aliphatic rings. The van der Waals surface area contributed by atoms with Gasteiger partial charge >= 0.3 is 12.1 Å². The van der Waals surface area contributed by atoms with Crippen LogP contribution in [0.3, 0.4) is 0 Å². The summed E-state index contributed by atoms with van der Waals surface area (Å²) in [5.41, 5.74) is -0.273. The van der Waals surface area contributed by atoms with Crippen molar-refractivity contribution in [3.05, 3.63) is 36.8 Å². The van der Waals surface area contributed by atoms with E-state index in [-0.39, 0.29) is 11.3 Å². The summed E-state index contributed by atoms with van der Waals surface area (Å²) in [5, 5.41) is 1.61. The number of para-hydroxylation sites is 1. The van der Waals surface area contributed by atoms with Crippen molar-refractivity contribution in [2.24, 2.45) is 0 Å². The molecule has 1 aromatic carbocycles. The van der Waals surface area contributed by atoms with E-state index in [1.54, 1.807) is 5.32 Å². The van der Waals surface area contributed by atoms with Crippen LogP contribution in [0.5, 0.6) is 0 Å². The molecule has 1 rings (SSSR count). The van der Waals surface area contributed by atoms with E-state index < -0.39 is 17.9 Å². The fourth-order valence-electron chi connectivity index (χ4n) is 1.03. The van der Waals surface area contributed by atoms with Crippen LogP contribution in [0.1, 0.15) is 10.4 Å². The van der Waals surface area contributed by atoms with Gasteiger partial charge in [0.15, 0.2) is 5.78 Å². The number of benzene rings is 1. The van der Waals surface area contributed by atoms with Crippen LogP contribution in [0.2, 0.25) is 0 Å². The van der Waals surface area contributed by atoms with Gasteiger partial charge in [-0.25, -0.2) is 0 Å². The Balaban J connectivity index is 2.98. The summed E-state index contributed by atoms with van der Waals surface area (Å²) in [6.07, 6.45) is -4.99. The monoisotopic (exact) mass is 230 g/mol. The number of hydrogen-bond donors (Lipinski definition) is 1. The Morgan fingerprint density at radius 3 is 2.25 bits per heavy atom. The van der Waals surface area contributed by atoms with E-state index >= 15 is 0 Å². The van der Waals surface area contributed by atoms with Crippen LogP contribution in [0.4, 0.5) is 18.9 Å². The first-order valence-electron chi connectivity index (χ1n) is 4.16. The van der Waals surface area contributed by atoms with E-state index in [4.69, 9.17) is 0 Å². The first-order valence-corrected chi connectivity index (χ1v) is 4.16. The van der Waals surface area contributed by atoms with Gasteiger partial charge in [-0.3, -0.25) is 9.59 Å². The number of nitrogens with one attached hydrogen (secondary N) is 1. The number of carbonyl (C=O) groups is 2. The molecule has 6 heteroatoms. The van der Waals surface area contributed by atoms with Gasteiger partial charge in [0.2, 0.25) is 0 Å². The van der Waals surface area contributed by atoms with Gasteiger partial charge in [0.25, 0.3) is 0 Å². The van der Waals surface area contributed by atoms with Crippen LogP contribution in [0, 0.1) is 6.92 Å². The average molecular weight is 230 g/mol. The van der Waals surface area contributed by atoms with Gasteiger partial charge in [0, 0.05) is 12.5 Å². The molecule has 0 heterocycles. The van der Waals surface area contributed by atoms with Crippen LogP contribution in [0.15, 0.2) is 24.3 Å². The minimum atomic E-state index is -4.99.